The molecule has 0 saturated carbocycles. The fraction of sp³-hybridized carbons (Fsp3) is 0.400. The minimum Gasteiger partial charge on any atom is -0.445 e. The van der Waals surface area contributed by atoms with Crippen LogP contribution < -0.4 is 11.1 Å². The molecule has 1 aliphatic rings. The van der Waals surface area contributed by atoms with E-state index in [1.165, 1.54) is 4.90 Å². The third-order valence-corrected chi connectivity index (χ3v) is 6.82. The zero-order valence-corrected chi connectivity index (χ0v) is 21.8. The van der Waals surface area contributed by atoms with E-state index >= 15 is 0 Å². The van der Waals surface area contributed by atoms with E-state index in [1.807, 2.05) is 81.4 Å². The quantitative estimate of drug-likeness (QED) is 0.308. The van der Waals surface area contributed by atoms with E-state index < -0.39 is 44.8 Å². The maximum absolute atomic E-state index is 13.0. The van der Waals surface area contributed by atoms with Crippen molar-refractivity contribution in [3.8, 4) is 6.07 Å². The number of amides is 2. The Morgan fingerprint density at radius 1 is 1.18 bits per heavy atom. The highest BCUT2D eigenvalue weighted by molar-refractivity contribution is 14.1. The van der Waals surface area contributed by atoms with Gasteiger partial charge in [-0.2, -0.15) is 5.26 Å². The number of nitrogen functional groups attached to an aromatic ring is 1. The molecule has 0 aliphatic carbocycles. The van der Waals surface area contributed by atoms with E-state index in [1.54, 1.807) is 0 Å². The number of hydrogen-bond acceptors (Lipinski definition) is 6. The van der Waals surface area contributed by atoms with Crippen molar-refractivity contribution in [1.29, 1.82) is 5.26 Å². The average molecular weight is 578 g/mol. The van der Waals surface area contributed by atoms with Crippen molar-refractivity contribution in [3.05, 3.63) is 66.2 Å². The van der Waals surface area contributed by atoms with Crippen LogP contribution in [-0.2, 0) is 19.2 Å². The molecular weight excluding hydrogens is 547 g/mol. The first-order valence-corrected chi connectivity index (χ1v) is 13.0. The maximum atomic E-state index is 13.0. The molecule has 1 heterocycles. The third kappa shape index (κ3) is 8.41. The van der Waals surface area contributed by atoms with Crippen molar-refractivity contribution in [2.75, 3.05) is 12.3 Å². The SMILES string of the molecule is CC(C)(C)C(NC(=O)OCc1ccccc1)C(=O)N1CC(I=O)CC1C#N.Nc1ccccc1. The normalized spacial score (nSPS) is 18.1. The Kier molecular flexibility index (Phi) is 10.4. The first-order valence-electron chi connectivity index (χ1n) is 10.9. The molecule has 3 unspecified atom stereocenters. The topological polar surface area (TPSA) is 126 Å². The summed E-state index contributed by atoms with van der Waals surface area (Å²) < 4.78 is 16.4. The number of nitrogens with zero attached hydrogens (tertiary/aromatic N) is 2. The van der Waals surface area contributed by atoms with E-state index in [0.717, 1.165) is 11.3 Å². The second-order valence-corrected chi connectivity index (χ2v) is 11.2. The summed E-state index contributed by atoms with van der Waals surface area (Å²) in [5, 5.41) is 12.0. The van der Waals surface area contributed by atoms with Crippen LogP contribution in [0.15, 0.2) is 60.7 Å². The van der Waals surface area contributed by atoms with Crippen molar-refractivity contribution >= 4 is 38.9 Å². The smallest absolute Gasteiger partial charge is 0.408 e. The van der Waals surface area contributed by atoms with Crippen LogP contribution in [0, 0.1) is 16.7 Å². The summed E-state index contributed by atoms with van der Waals surface area (Å²) in [6.07, 6.45) is -0.262. The second-order valence-electron chi connectivity index (χ2n) is 8.97. The highest BCUT2D eigenvalue weighted by atomic mass is 127. The zero-order chi connectivity index (χ0) is 25.1. The summed E-state index contributed by atoms with van der Waals surface area (Å²) in [5.41, 5.74) is 6.45. The number of anilines is 1. The second kappa shape index (κ2) is 13.0. The minimum absolute atomic E-state index is 0.102. The Bertz CT molecular complexity index is 989. The zero-order valence-electron chi connectivity index (χ0n) is 19.6. The monoisotopic (exact) mass is 578 g/mol. The molecule has 2 aromatic rings. The molecule has 0 spiro atoms. The number of hydrogen-bond donors (Lipinski definition) is 2. The molecule has 3 rings (SSSR count). The number of ether oxygens (including phenoxy) is 1. The van der Waals surface area contributed by atoms with Gasteiger partial charge in [-0.05, 0) is 29.5 Å². The number of nitriles is 1. The molecule has 8 nitrogen and oxygen atoms in total. The number of alkyl carbamates (subject to hydrolysis) is 1. The van der Waals surface area contributed by atoms with E-state index in [-0.39, 0.29) is 16.4 Å². The van der Waals surface area contributed by atoms with Gasteiger partial charge in [-0.3, -0.25) is 7.86 Å². The number of carbonyl (C=O) groups is 2. The number of rotatable bonds is 5. The Balaban J connectivity index is 0.000000497. The van der Waals surface area contributed by atoms with Crippen LogP contribution in [0.2, 0.25) is 0 Å². The van der Waals surface area contributed by atoms with Crippen LogP contribution in [-0.4, -0.2) is 39.5 Å². The summed E-state index contributed by atoms with van der Waals surface area (Å²) in [5.74, 6) is -0.342. The lowest BCUT2D eigenvalue weighted by Crippen LogP contribution is -2.55. The van der Waals surface area contributed by atoms with Crippen LogP contribution in [0.25, 0.3) is 0 Å². The summed E-state index contributed by atoms with van der Waals surface area (Å²) in [6.45, 7) is 5.90. The van der Waals surface area contributed by atoms with Crippen molar-refractivity contribution in [2.45, 2.75) is 49.8 Å². The Labute approximate surface area is 211 Å². The number of para-hydroxylation sites is 1. The standard InChI is InChI=1S/C19H24IN3O4.C6H7N/c1-19(2,3)16(17(24)23-11-14(20-26)9-15(23)10-21)22-18(25)27-12-13-7-5-4-6-8-13;7-6-4-2-1-3-5-6/h4-8,14-16H,9,11-12H2,1-3H3,(H,22,25);1-5H,7H2. The van der Waals surface area contributed by atoms with Gasteiger partial charge in [0.2, 0.25) is 5.91 Å². The molecule has 9 heteroatoms. The van der Waals surface area contributed by atoms with E-state index in [4.69, 9.17) is 10.5 Å². The minimum atomic E-state index is -1.29. The molecule has 0 aromatic heterocycles. The number of likely N-dealkylation sites (tertiary alicyclic amines) is 1. The number of benzene rings is 2. The van der Waals surface area contributed by atoms with Crippen LogP contribution in [0.5, 0.6) is 0 Å². The van der Waals surface area contributed by atoms with Gasteiger partial charge in [0.15, 0.2) is 0 Å². The molecule has 2 amide bonds. The first-order chi connectivity index (χ1) is 16.2. The Hall–Kier alpha value is -3.00. The summed E-state index contributed by atoms with van der Waals surface area (Å²) >= 11 is -1.29. The molecule has 3 atom stereocenters. The predicted molar refractivity (Wildman–Crippen MR) is 138 cm³/mol. The summed E-state index contributed by atoms with van der Waals surface area (Å²) in [7, 11) is 0. The van der Waals surface area contributed by atoms with Gasteiger partial charge >= 0.3 is 6.09 Å². The molecule has 34 heavy (non-hydrogen) atoms. The fourth-order valence-electron chi connectivity index (χ4n) is 3.37. The average Bonchev–Trinajstić information content (AvgIpc) is 3.25. The lowest BCUT2D eigenvalue weighted by atomic mass is 9.85. The predicted octanol–water partition coefficient (Wildman–Crippen LogP) is 4.41. The van der Waals surface area contributed by atoms with Crippen LogP contribution in [0.1, 0.15) is 32.8 Å². The summed E-state index contributed by atoms with van der Waals surface area (Å²) in [6, 6.07) is 19.4. The fourth-order valence-corrected chi connectivity index (χ4v) is 4.64. The van der Waals surface area contributed by atoms with Gasteiger partial charge < -0.3 is 20.7 Å². The molecule has 3 N–H and O–H groups in total. The first kappa shape index (κ1) is 27.2. The van der Waals surface area contributed by atoms with Gasteiger partial charge in [-0.1, -0.05) is 69.3 Å². The molecule has 0 radical (unpaired) electrons. The van der Waals surface area contributed by atoms with E-state index in [9.17, 15) is 17.9 Å². The van der Waals surface area contributed by atoms with Gasteiger partial charge in [-0.15, -0.1) is 0 Å². The number of nitrogens with one attached hydrogen (secondary N) is 1. The number of carbonyl (C=O) groups excluding carboxylic acids is 2. The lowest BCUT2D eigenvalue weighted by Gasteiger charge is -2.34. The molecule has 182 valence electrons. The third-order valence-electron chi connectivity index (χ3n) is 5.20. The molecule has 0 bridgehead atoms. The highest BCUT2D eigenvalue weighted by Gasteiger charge is 2.42. The Morgan fingerprint density at radius 2 is 1.76 bits per heavy atom. The van der Waals surface area contributed by atoms with Crippen molar-refractivity contribution < 1.29 is 17.4 Å². The van der Waals surface area contributed by atoms with Crippen molar-refractivity contribution in [2.24, 2.45) is 5.41 Å². The van der Waals surface area contributed by atoms with Gasteiger partial charge in [0, 0.05) is 12.2 Å². The highest BCUT2D eigenvalue weighted by Crippen LogP contribution is 2.30. The summed E-state index contributed by atoms with van der Waals surface area (Å²) in [4.78, 5) is 26.7. The molecule has 1 aliphatic heterocycles. The number of halogens is 1. The number of alkyl halides is 1. The van der Waals surface area contributed by atoms with Gasteiger partial charge in [0.05, 0.1) is 9.99 Å². The maximum Gasteiger partial charge on any atom is 0.408 e. The van der Waals surface area contributed by atoms with Gasteiger partial charge in [0.25, 0.3) is 0 Å². The van der Waals surface area contributed by atoms with Gasteiger partial charge in [-0.25, -0.2) is 4.79 Å². The molecule has 2 aromatic carbocycles. The molecule has 1 fully saturated rings. The van der Waals surface area contributed by atoms with Crippen LogP contribution in [0.4, 0.5) is 10.5 Å². The Morgan fingerprint density at radius 3 is 2.24 bits per heavy atom. The number of nitrogens with two attached hydrogens (primary N) is 1. The largest absolute Gasteiger partial charge is 0.445 e. The molecule has 1 saturated heterocycles. The lowest BCUT2D eigenvalue weighted by molar-refractivity contribution is -0.135. The van der Waals surface area contributed by atoms with Crippen LogP contribution >= 0.6 is 21.2 Å². The van der Waals surface area contributed by atoms with Gasteiger partial charge in [0.1, 0.15) is 39.9 Å². The molecular formula is C25H31IN4O4. The van der Waals surface area contributed by atoms with Crippen molar-refractivity contribution in [1.82, 2.24) is 10.2 Å². The van der Waals surface area contributed by atoms with E-state index in [0.29, 0.717) is 13.0 Å². The van der Waals surface area contributed by atoms with Crippen LogP contribution in [0.3, 0.4) is 0 Å². The van der Waals surface area contributed by atoms with Crippen molar-refractivity contribution in [3.63, 3.8) is 0 Å². The van der Waals surface area contributed by atoms with E-state index in [2.05, 4.69) is 11.4 Å².